The number of non-ortho nitro benzene ring substituents is 1. The quantitative estimate of drug-likeness (QED) is 0.387. The molecule has 1 N–H and O–H groups in total. The number of carbonyl (C=O) groups excluding carboxylic acids is 1. The molecule has 2 aromatic heterocycles. The Morgan fingerprint density at radius 3 is 2.88 bits per heavy atom. The highest BCUT2D eigenvalue weighted by molar-refractivity contribution is 9.10. The molecule has 1 aromatic carbocycles. The maximum Gasteiger partial charge on any atom is 0.272 e. The number of nitro groups is 1. The largest absolute Gasteiger partial charge is 0.455 e. The summed E-state index contributed by atoms with van der Waals surface area (Å²) >= 11 is 3.24. The molecule has 0 bridgehead atoms. The molecule has 1 amide bonds. The molecule has 3 rings (SSSR count). The third-order valence-electron chi connectivity index (χ3n) is 3.29. The Balaban J connectivity index is 1.68. The first-order valence-electron chi connectivity index (χ1n) is 7.31. The lowest BCUT2D eigenvalue weighted by Crippen LogP contribution is -2.17. The van der Waals surface area contributed by atoms with Gasteiger partial charge < -0.3 is 4.42 Å². The average Bonchev–Trinajstić information content (AvgIpc) is 3.10. The van der Waals surface area contributed by atoms with Gasteiger partial charge in [0.2, 0.25) is 0 Å². The van der Waals surface area contributed by atoms with E-state index in [0.717, 1.165) is 0 Å². The Morgan fingerprint density at radius 2 is 2.12 bits per heavy atom. The number of nitro benzene ring substituents is 1. The molecule has 0 saturated carbocycles. The van der Waals surface area contributed by atoms with Gasteiger partial charge in [0, 0.05) is 34.6 Å². The van der Waals surface area contributed by atoms with Crippen LogP contribution in [-0.2, 0) is 0 Å². The van der Waals surface area contributed by atoms with Gasteiger partial charge in [-0.15, -0.1) is 0 Å². The fraction of sp³-hybridized carbons (Fsp3) is 0. The molecule has 9 heteroatoms. The van der Waals surface area contributed by atoms with E-state index in [2.05, 4.69) is 31.4 Å². The minimum Gasteiger partial charge on any atom is -0.455 e. The lowest BCUT2D eigenvalue weighted by atomic mass is 10.1. The molecule has 0 spiro atoms. The first kappa shape index (κ1) is 17.5. The van der Waals surface area contributed by atoms with Gasteiger partial charge in [-0.3, -0.25) is 19.9 Å². The van der Waals surface area contributed by atoms with Gasteiger partial charge in [-0.2, -0.15) is 5.10 Å². The second-order valence-corrected chi connectivity index (χ2v) is 6.02. The van der Waals surface area contributed by atoms with Crippen molar-refractivity contribution >= 4 is 33.7 Å². The van der Waals surface area contributed by atoms with E-state index in [9.17, 15) is 14.9 Å². The van der Waals surface area contributed by atoms with Crippen LogP contribution in [0.25, 0.3) is 11.3 Å². The Bertz CT molecular complexity index is 1000. The lowest BCUT2D eigenvalue weighted by Gasteiger charge is -1.99. The van der Waals surface area contributed by atoms with Gasteiger partial charge in [0.15, 0.2) is 0 Å². The van der Waals surface area contributed by atoms with Crippen molar-refractivity contribution in [2.75, 3.05) is 0 Å². The smallest absolute Gasteiger partial charge is 0.272 e. The molecule has 0 unspecified atom stereocenters. The third kappa shape index (κ3) is 4.19. The number of halogens is 1. The predicted molar refractivity (Wildman–Crippen MR) is 97.8 cm³/mol. The summed E-state index contributed by atoms with van der Waals surface area (Å²) in [5, 5.41) is 14.7. The van der Waals surface area contributed by atoms with E-state index in [-0.39, 0.29) is 5.69 Å². The summed E-state index contributed by atoms with van der Waals surface area (Å²) in [5.41, 5.74) is 3.27. The number of rotatable bonds is 5. The Morgan fingerprint density at radius 1 is 1.27 bits per heavy atom. The number of benzene rings is 1. The molecule has 0 aliphatic rings. The fourth-order valence-corrected chi connectivity index (χ4v) is 2.47. The second-order valence-electron chi connectivity index (χ2n) is 5.10. The number of nitrogens with one attached hydrogen (secondary N) is 1. The van der Waals surface area contributed by atoms with E-state index in [1.54, 1.807) is 36.5 Å². The zero-order valence-corrected chi connectivity index (χ0v) is 14.7. The molecule has 0 aliphatic heterocycles. The van der Waals surface area contributed by atoms with Crippen LogP contribution in [0.15, 0.2) is 68.8 Å². The minimum atomic E-state index is -0.471. The van der Waals surface area contributed by atoms with Crippen molar-refractivity contribution in [2.24, 2.45) is 5.10 Å². The molecule has 0 saturated heterocycles. The van der Waals surface area contributed by atoms with Crippen LogP contribution in [-0.4, -0.2) is 22.0 Å². The lowest BCUT2D eigenvalue weighted by molar-refractivity contribution is -0.384. The van der Waals surface area contributed by atoms with Gasteiger partial charge in [0.25, 0.3) is 11.6 Å². The highest BCUT2D eigenvalue weighted by Gasteiger charge is 2.10. The van der Waals surface area contributed by atoms with Crippen molar-refractivity contribution in [3.8, 4) is 11.3 Å². The van der Waals surface area contributed by atoms with Crippen LogP contribution in [0.1, 0.15) is 16.1 Å². The average molecular weight is 415 g/mol. The number of aromatic nitrogens is 1. The van der Waals surface area contributed by atoms with Gasteiger partial charge >= 0.3 is 0 Å². The number of pyridine rings is 1. The van der Waals surface area contributed by atoms with Crippen molar-refractivity contribution < 1.29 is 14.1 Å². The standard InChI is InChI=1S/C17H11BrN4O4/c18-13-6-12(8-19-9-13)17(23)21-20-10-15-4-5-16(26-15)11-2-1-3-14(7-11)22(24)25/h1-10H,(H,21,23)/b20-10-. The minimum absolute atomic E-state index is 0.0241. The highest BCUT2D eigenvalue weighted by atomic mass is 79.9. The summed E-state index contributed by atoms with van der Waals surface area (Å²) < 4.78 is 6.25. The molecule has 0 atom stereocenters. The topological polar surface area (TPSA) is 111 Å². The summed E-state index contributed by atoms with van der Waals surface area (Å²) in [7, 11) is 0. The summed E-state index contributed by atoms with van der Waals surface area (Å²) in [6.45, 7) is 0. The van der Waals surface area contributed by atoms with Crippen LogP contribution < -0.4 is 5.43 Å². The van der Waals surface area contributed by atoms with E-state index in [1.165, 1.54) is 24.5 Å². The molecule has 0 aliphatic carbocycles. The number of amides is 1. The Kier molecular flexibility index (Phi) is 5.18. The van der Waals surface area contributed by atoms with Crippen LogP contribution in [0.2, 0.25) is 0 Å². The van der Waals surface area contributed by atoms with Crippen molar-refractivity contribution in [3.05, 3.63) is 80.8 Å². The van der Waals surface area contributed by atoms with Gasteiger partial charge in [-0.25, -0.2) is 5.43 Å². The molecular formula is C17H11BrN4O4. The zero-order chi connectivity index (χ0) is 18.5. The number of furan rings is 1. The molecule has 8 nitrogen and oxygen atoms in total. The second kappa shape index (κ2) is 7.70. The van der Waals surface area contributed by atoms with Gasteiger partial charge in [0.05, 0.1) is 16.7 Å². The Labute approximate surface area is 155 Å². The number of nitrogens with zero attached hydrogens (tertiary/aromatic N) is 3. The number of hydrogen-bond donors (Lipinski definition) is 1. The van der Waals surface area contributed by atoms with Crippen molar-refractivity contribution in [3.63, 3.8) is 0 Å². The number of hydrogen-bond acceptors (Lipinski definition) is 6. The van der Waals surface area contributed by atoms with Crippen LogP contribution in [0.3, 0.4) is 0 Å². The summed E-state index contributed by atoms with van der Waals surface area (Å²) in [4.78, 5) is 26.2. The summed E-state index contributed by atoms with van der Waals surface area (Å²) in [5.74, 6) is 0.428. The van der Waals surface area contributed by atoms with Crippen molar-refractivity contribution in [2.45, 2.75) is 0 Å². The monoisotopic (exact) mass is 414 g/mol. The maximum atomic E-state index is 11.9. The van der Waals surface area contributed by atoms with Gasteiger partial charge in [-0.1, -0.05) is 12.1 Å². The van der Waals surface area contributed by atoms with E-state index < -0.39 is 10.8 Å². The van der Waals surface area contributed by atoms with E-state index in [1.807, 2.05) is 0 Å². The van der Waals surface area contributed by atoms with Crippen molar-refractivity contribution in [1.82, 2.24) is 10.4 Å². The molecule has 26 heavy (non-hydrogen) atoms. The van der Waals surface area contributed by atoms with Crippen LogP contribution in [0.4, 0.5) is 5.69 Å². The van der Waals surface area contributed by atoms with Crippen LogP contribution >= 0.6 is 15.9 Å². The Hall–Kier alpha value is -3.33. The molecule has 0 radical (unpaired) electrons. The summed E-state index contributed by atoms with van der Waals surface area (Å²) in [6, 6.07) is 11.0. The molecule has 0 fully saturated rings. The third-order valence-corrected chi connectivity index (χ3v) is 3.73. The predicted octanol–water partition coefficient (Wildman–Crippen LogP) is 3.78. The molecule has 2 heterocycles. The van der Waals surface area contributed by atoms with Gasteiger partial charge in [0.1, 0.15) is 11.5 Å². The van der Waals surface area contributed by atoms with E-state index in [0.29, 0.717) is 27.1 Å². The maximum absolute atomic E-state index is 11.9. The molecule has 130 valence electrons. The SMILES string of the molecule is O=C(N/N=C\c1ccc(-c2cccc([N+](=O)[O-])c2)o1)c1cncc(Br)c1. The highest BCUT2D eigenvalue weighted by Crippen LogP contribution is 2.25. The number of hydrazone groups is 1. The first-order valence-corrected chi connectivity index (χ1v) is 8.11. The molecular weight excluding hydrogens is 404 g/mol. The normalized spacial score (nSPS) is 10.8. The van der Waals surface area contributed by atoms with Crippen LogP contribution in [0.5, 0.6) is 0 Å². The first-order chi connectivity index (χ1) is 12.5. The fourth-order valence-electron chi connectivity index (χ4n) is 2.11. The van der Waals surface area contributed by atoms with E-state index >= 15 is 0 Å². The molecule has 3 aromatic rings. The zero-order valence-electron chi connectivity index (χ0n) is 13.1. The van der Waals surface area contributed by atoms with Crippen LogP contribution in [0, 0.1) is 10.1 Å². The summed E-state index contributed by atoms with van der Waals surface area (Å²) in [6.07, 6.45) is 4.32. The van der Waals surface area contributed by atoms with Crippen molar-refractivity contribution in [1.29, 1.82) is 0 Å². The number of carbonyl (C=O) groups is 1. The van der Waals surface area contributed by atoms with E-state index in [4.69, 9.17) is 4.42 Å². The van der Waals surface area contributed by atoms with Gasteiger partial charge in [-0.05, 0) is 34.1 Å².